The predicted molar refractivity (Wildman–Crippen MR) is 75.3 cm³/mol. The average molecular weight is 278 g/mol. The molecule has 0 aromatic carbocycles. The summed E-state index contributed by atoms with van der Waals surface area (Å²) in [6.07, 6.45) is 4.64. The molecule has 1 aliphatic heterocycles. The topological polar surface area (TPSA) is 78.1 Å². The lowest BCUT2D eigenvalue weighted by atomic mass is 9.93. The monoisotopic (exact) mass is 278 g/mol. The maximum Gasteiger partial charge on any atom is 0.289 e. The Morgan fingerprint density at radius 3 is 2.70 bits per heavy atom. The van der Waals surface area contributed by atoms with Crippen LogP contribution in [0.4, 0.5) is 0 Å². The largest absolute Gasteiger partial charge is 0.356 e. The highest BCUT2D eigenvalue weighted by atomic mass is 16.2. The first-order chi connectivity index (χ1) is 9.56. The minimum atomic E-state index is -0.0154. The van der Waals surface area contributed by atoms with E-state index in [9.17, 15) is 9.59 Å². The van der Waals surface area contributed by atoms with Crippen LogP contribution in [0.1, 0.15) is 42.5 Å². The van der Waals surface area contributed by atoms with Crippen molar-refractivity contribution in [2.24, 2.45) is 5.92 Å². The van der Waals surface area contributed by atoms with Crippen LogP contribution in [-0.2, 0) is 4.79 Å². The van der Waals surface area contributed by atoms with Crippen LogP contribution in [0.2, 0.25) is 0 Å². The van der Waals surface area contributed by atoms with Crippen LogP contribution < -0.4 is 5.32 Å². The summed E-state index contributed by atoms with van der Waals surface area (Å²) in [4.78, 5) is 31.9. The summed E-state index contributed by atoms with van der Waals surface area (Å²) in [5.74, 6) is 1.02. The molecule has 2 amide bonds. The molecule has 2 heterocycles. The molecule has 0 atom stereocenters. The lowest BCUT2D eigenvalue weighted by Crippen LogP contribution is -2.39. The summed E-state index contributed by atoms with van der Waals surface area (Å²) in [7, 11) is 0. The fourth-order valence-electron chi connectivity index (χ4n) is 2.55. The summed E-state index contributed by atoms with van der Waals surface area (Å²) in [6, 6.07) is 0. The van der Waals surface area contributed by atoms with Gasteiger partial charge in [-0.3, -0.25) is 9.59 Å². The van der Waals surface area contributed by atoms with Crippen molar-refractivity contribution < 1.29 is 9.59 Å². The molecule has 0 radical (unpaired) electrons. The van der Waals surface area contributed by atoms with Crippen LogP contribution in [-0.4, -0.2) is 46.3 Å². The van der Waals surface area contributed by atoms with Crippen LogP contribution in [0.25, 0.3) is 0 Å². The van der Waals surface area contributed by atoms with Gasteiger partial charge in [0.05, 0.1) is 0 Å². The minimum Gasteiger partial charge on any atom is -0.356 e. The van der Waals surface area contributed by atoms with Gasteiger partial charge in [-0.15, -0.1) is 0 Å². The SMILES string of the molecule is CC(=O)NCCC1CCN(C(=O)c2ncc(C)[nH]2)CC1. The first-order valence-electron chi connectivity index (χ1n) is 7.11. The van der Waals surface area contributed by atoms with Crippen molar-refractivity contribution in [2.75, 3.05) is 19.6 Å². The Balaban J connectivity index is 1.76. The molecule has 0 unspecified atom stereocenters. The molecule has 0 spiro atoms. The zero-order valence-electron chi connectivity index (χ0n) is 12.1. The van der Waals surface area contributed by atoms with Gasteiger partial charge in [0.1, 0.15) is 0 Å². The highest BCUT2D eigenvalue weighted by molar-refractivity contribution is 5.90. The van der Waals surface area contributed by atoms with Gasteiger partial charge in [0.2, 0.25) is 5.91 Å². The summed E-state index contributed by atoms with van der Waals surface area (Å²) in [5, 5.41) is 2.82. The van der Waals surface area contributed by atoms with Gasteiger partial charge >= 0.3 is 0 Å². The molecule has 0 bridgehead atoms. The molecule has 20 heavy (non-hydrogen) atoms. The van der Waals surface area contributed by atoms with Crippen molar-refractivity contribution in [1.29, 1.82) is 0 Å². The number of aromatic nitrogens is 2. The number of carbonyl (C=O) groups is 2. The van der Waals surface area contributed by atoms with Crippen LogP contribution >= 0.6 is 0 Å². The number of rotatable bonds is 4. The molecule has 2 rings (SSSR count). The van der Waals surface area contributed by atoms with E-state index in [2.05, 4.69) is 15.3 Å². The molecule has 1 saturated heterocycles. The van der Waals surface area contributed by atoms with Gasteiger partial charge in [0.25, 0.3) is 5.91 Å². The van der Waals surface area contributed by atoms with Gasteiger partial charge in [-0.25, -0.2) is 4.98 Å². The predicted octanol–water partition coefficient (Wildman–Crippen LogP) is 1.10. The van der Waals surface area contributed by atoms with E-state index < -0.39 is 0 Å². The van der Waals surface area contributed by atoms with E-state index >= 15 is 0 Å². The summed E-state index contributed by atoms with van der Waals surface area (Å²) >= 11 is 0. The second-order valence-electron chi connectivity index (χ2n) is 5.42. The molecule has 0 aliphatic carbocycles. The number of likely N-dealkylation sites (tertiary alicyclic amines) is 1. The number of aromatic amines is 1. The van der Waals surface area contributed by atoms with Crippen LogP contribution in [0, 0.1) is 12.8 Å². The van der Waals surface area contributed by atoms with E-state index in [0.717, 1.165) is 44.6 Å². The third-order valence-corrected chi connectivity index (χ3v) is 3.73. The summed E-state index contributed by atoms with van der Waals surface area (Å²) in [6.45, 7) is 5.68. The third kappa shape index (κ3) is 3.82. The highest BCUT2D eigenvalue weighted by Gasteiger charge is 2.24. The Kier molecular flexibility index (Phi) is 4.76. The first kappa shape index (κ1) is 14.6. The Morgan fingerprint density at radius 2 is 2.15 bits per heavy atom. The Hall–Kier alpha value is -1.85. The fraction of sp³-hybridized carbons (Fsp3) is 0.643. The molecule has 1 aromatic rings. The second kappa shape index (κ2) is 6.54. The van der Waals surface area contributed by atoms with Crippen LogP contribution in [0.3, 0.4) is 0 Å². The number of nitrogens with zero attached hydrogens (tertiary/aromatic N) is 2. The number of hydrogen-bond donors (Lipinski definition) is 2. The number of amides is 2. The molecule has 2 N–H and O–H groups in total. The zero-order valence-corrected chi connectivity index (χ0v) is 12.1. The van der Waals surface area contributed by atoms with Gasteiger partial charge in [0, 0.05) is 38.4 Å². The van der Waals surface area contributed by atoms with Gasteiger partial charge in [0.15, 0.2) is 5.82 Å². The normalized spacial score (nSPS) is 16.2. The van der Waals surface area contributed by atoms with E-state index in [1.54, 1.807) is 6.20 Å². The highest BCUT2D eigenvalue weighted by Crippen LogP contribution is 2.21. The van der Waals surface area contributed by atoms with Crippen molar-refractivity contribution in [1.82, 2.24) is 20.2 Å². The minimum absolute atomic E-state index is 0.0154. The van der Waals surface area contributed by atoms with Gasteiger partial charge in [-0.05, 0) is 32.1 Å². The number of hydrogen-bond acceptors (Lipinski definition) is 3. The molecular formula is C14H22N4O2. The lowest BCUT2D eigenvalue weighted by molar-refractivity contribution is -0.119. The second-order valence-corrected chi connectivity index (χ2v) is 5.42. The average Bonchev–Trinajstić information content (AvgIpc) is 2.85. The van der Waals surface area contributed by atoms with Crippen molar-refractivity contribution in [2.45, 2.75) is 33.1 Å². The smallest absolute Gasteiger partial charge is 0.289 e. The molecular weight excluding hydrogens is 256 g/mol. The summed E-state index contributed by atoms with van der Waals surface area (Å²) < 4.78 is 0. The number of aryl methyl sites for hydroxylation is 1. The standard InChI is InChI=1S/C14H22N4O2/c1-10-9-16-13(17-10)14(20)18-7-4-12(5-8-18)3-6-15-11(2)19/h9,12H,3-8H2,1-2H3,(H,15,19)(H,16,17). The Morgan fingerprint density at radius 1 is 1.45 bits per heavy atom. The first-order valence-corrected chi connectivity index (χ1v) is 7.11. The fourth-order valence-corrected chi connectivity index (χ4v) is 2.55. The Labute approximate surface area is 119 Å². The maximum absolute atomic E-state index is 12.2. The number of carbonyl (C=O) groups excluding carboxylic acids is 2. The lowest BCUT2D eigenvalue weighted by Gasteiger charge is -2.31. The number of imidazole rings is 1. The van der Waals surface area contributed by atoms with E-state index in [0.29, 0.717) is 11.7 Å². The molecule has 6 nitrogen and oxygen atoms in total. The van der Waals surface area contributed by atoms with Crippen molar-refractivity contribution in [3.05, 3.63) is 17.7 Å². The van der Waals surface area contributed by atoms with Crippen molar-refractivity contribution >= 4 is 11.8 Å². The summed E-state index contributed by atoms with van der Waals surface area (Å²) in [5.41, 5.74) is 0.901. The third-order valence-electron chi connectivity index (χ3n) is 3.73. The van der Waals surface area contributed by atoms with E-state index in [4.69, 9.17) is 0 Å². The van der Waals surface area contributed by atoms with Gasteiger partial charge < -0.3 is 15.2 Å². The quantitative estimate of drug-likeness (QED) is 0.865. The molecule has 1 fully saturated rings. The van der Waals surface area contributed by atoms with Gasteiger partial charge in [-0.1, -0.05) is 0 Å². The Bertz CT molecular complexity index is 475. The van der Waals surface area contributed by atoms with E-state index in [1.807, 2.05) is 11.8 Å². The van der Waals surface area contributed by atoms with E-state index in [-0.39, 0.29) is 11.8 Å². The van der Waals surface area contributed by atoms with Crippen molar-refractivity contribution in [3.8, 4) is 0 Å². The molecule has 6 heteroatoms. The maximum atomic E-state index is 12.2. The van der Waals surface area contributed by atoms with Crippen molar-refractivity contribution in [3.63, 3.8) is 0 Å². The number of piperidine rings is 1. The van der Waals surface area contributed by atoms with Crippen LogP contribution in [0.5, 0.6) is 0 Å². The number of nitrogens with one attached hydrogen (secondary N) is 2. The van der Waals surface area contributed by atoms with Gasteiger partial charge in [-0.2, -0.15) is 0 Å². The molecule has 110 valence electrons. The molecule has 1 aromatic heterocycles. The zero-order chi connectivity index (χ0) is 14.5. The molecule has 1 aliphatic rings. The molecule has 0 saturated carbocycles. The van der Waals surface area contributed by atoms with Crippen LogP contribution in [0.15, 0.2) is 6.20 Å². The van der Waals surface area contributed by atoms with E-state index in [1.165, 1.54) is 6.92 Å². The number of H-pyrrole nitrogens is 1.